The van der Waals surface area contributed by atoms with Crippen LogP contribution in [0.1, 0.15) is 47.2 Å². The Morgan fingerprint density at radius 2 is 1.52 bits per heavy atom. The van der Waals surface area contributed by atoms with Crippen molar-refractivity contribution in [1.29, 1.82) is 0 Å². The first-order chi connectivity index (χ1) is 9.93. The van der Waals surface area contributed by atoms with Crippen molar-refractivity contribution in [1.82, 2.24) is 0 Å². The van der Waals surface area contributed by atoms with Crippen LogP contribution in [0.3, 0.4) is 0 Å². The van der Waals surface area contributed by atoms with Crippen molar-refractivity contribution in [3.63, 3.8) is 0 Å². The topological polar surface area (TPSA) is 52.0 Å². The third-order valence-electron chi connectivity index (χ3n) is 4.56. The van der Waals surface area contributed by atoms with Crippen LogP contribution in [-0.4, -0.2) is 0 Å². The predicted octanol–water partition coefficient (Wildman–Crippen LogP) is 3.55. The van der Waals surface area contributed by atoms with Crippen LogP contribution >= 0.6 is 0 Å². The first-order valence-corrected chi connectivity index (χ1v) is 7.69. The molecule has 2 rings (SSSR count). The molecule has 2 aromatic rings. The molecule has 0 spiro atoms. The number of nitrogens with two attached hydrogens (primary N) is 2. The normalized spacial score (nSPS) is 11.7. The van der Waals surface area contributed by atoms with Gasteiger partial charge in [0.2, 0.25) is 0 Å². The SMILES string of the molecule is CCc1cc(C(N)(N)c2ccccc2)c(C)c(C)c1CC. The molecule has 0 heterocycles. The van der Waals surface area contributed by atoms with Crippen LogP contribution < -0.4 is 11.5 Å². The molecule has 2 heteroatoms. The largest absolute Gasteiger partial charge is 0.306 e. The van der Waals surface area contributed by atoms with Gasteiger partial charge in [-0.1, -0.05) is 50.2 Å². The zero-order valence-corrected chi connectivity index (χ0v) is 13.5. The van der Waals surface area contributed by atoms with Crippen molar-refractivity contribution in [2.75, 3.05) is 0 Å². The molecule has 2 nitrogen and oxygen atoms in total. The highest BCUT2D eigenvalue weighted by atomic mass is 15.0. The highest BCUT2D eigenvalue weighted by Gasteiger charge is 2.28. The van der Waals surface area contributed by atoms with E-state index in [-0.39, 0.29) is 0 Å². The van der Waals surface area contributed by atoms with Crippen molar-refractivity contribution >= 4 is 0 Å². The van der Waals surface area contributed by atoms with Gasteiger partial charge in [-0.05, 0) is 60.1 Å². The summed E-state index contributed by atoms with van der Waals surface area (Å²) in [7, 11) is 0. The summed E-state index contributed by atoms with van der Waals surface area (Å²) in [5.41, 5.74) is 19.4. The number of benzene rings is 2. The fourth-order valence-corrected chi connectivity index (χ4v) is 3.15. The number of aryl methyl sites for hydroxylation is 1. The van der Waals surface area contributed by atoms with E-state index in [1.165, 1.54) is 22.3 Å². The Hall–Kier alpha value is -1.64. The molecule has 0 unspecified atom stereocenters. The lowest BCUT2D eigenvalue weighted by Crippen LogP contribution is -2.47. The molecule has 0 aliphatic carbocycles. The third kappa shape index (κ3) is 2.74. The van der Waals surface area contributed by atoms with Crippen LogP contribution in [0.2, 0.25) is 0 Å². The number of hydrogen-bond donors (Lipinski definition) is 2. The molecule has 0 saturated carbocycles. The van der Waals surface area contributed by atoms with E-state index in [9.17, 15) is 0 Å². The number of rotatable bonds is 4. The van der Waals surface area contributed by atoms with E-state index in [0.717, 1.165) is 24.0 Å². The van der Waals surface area contributed by atoms with E-state index < -0.39 is 5.66 Å². The minimum Gasteiger partial charge on any atom is -0.306 e. The predicted molar refractivity (Wildman–Crippen MR) is 90.3 cm³/mol. The summed E-state index contributed by atoms with van der Waals surface area (Å²) in [5, 5.41) is 0. The summed E-state index contributed by atoms with van der Waals surface area (Å²) in [5.74, 6) is 0. The van der Waals surface area contributed by atoms with Gasteiger partial charge < -0.3 is 11.5 Å². The highest BCUT2D eigenvalue weighted by molar-refractivity contribution is 5.50. The summed E-state index contributed by atoms with van der Waals surface area (Å²) in [6.45, 7) is 8.69. The molecule has 0 fully saturated rings. The van der Waals surface area contributed by atoms with E-state index in [4.69, 9.17) is 11.5 Å². The smallest absolute Gasteiger partial charge is 0.117 e. The van der Waals surface area contributed by atoms with Crippen LogP contribution in [0, 0.1) is 13.8 Å². The molecule has 0 aliphatic rings. The quantitative estimate of drug-likeness (QED) is 0.843. The van der Waals surface area contributed by atoms with Gasteiger partial charge >= 0.3 is 0 Å². The fourth-order valence-electron chi connectivity index (χ4n) is 3.15. The maximum Gasteiger partial charge on any atom is 0.117 e. The zero-order valence-electron chi connectivity index (χ0n) is 13.5. The Balaban J connectivity index is 2.67. The van der Waals surface area contributed by atoms with E-state index in [2.05, 4.69) is 33.8 Å². The average molecular weight is 282 g/mol. The first-order valence-electron chi connectivity index (χ1n) is 7.69. The maximum absolute atomic E-state index is 6.52. The minimum atomic E-state index is -0.952. The van der Waals surface area contributed by atoms with Crippen LogP contribution in [0.25, 0.3) is 0 Å². The molecule has 0 radical (unpaired) electrons. The molecule has 0 amide bonds. The van der Waals surface area contributed by atoms with Crippen LogP contribution in [0.15, 0.2) is 36.4 Å². The van der Waals surface area contributed by atoms with Crippen molar-refractivity contribution in [2.45, 2.75) is 46.2 Å². The Morgan fingerprint density at radius 1 is 0.905 bits per heavy atom. The Bertz CT molecular complexity index is 628. The second-order valence-electron chi connectivity index (χ2n) is 5.75. The molecule has 0 aliphatic heterocycles. The summed E-state index contributed by atoms with van der Waals surface area (Å²) < 4.78 is 0. The Labute approximate surface area is 128 Å². The van der Waals surface area contributed by atoms with Crippen molar-refractivity contribution < 1.29 is 0 Å². The lowest BCUT2D eigenvalue weighted by Gasteiger charge is -2.30. The lowest BCUT2D eigenvalue weighted by molar-refractivity contribution is 0.562. The van der Waals surface area contributed by atoms with Gasteiger partial charge in [0.25, 0.3) is 0 Å². The van der Waals surface area contributed by atoms with Gasteiger partial charge in [0.05, 0.1) is 0 Å². The van der Waals surface area contributed by atoms with Crippen molar-refractivity contribution in [3.8, 4) is 0 Å². The molecule has 21 heavy (non-hydrogen) atoms. The molecule has 2 aromatic carbocycles. The third-order valence-corrected chi connectivity index (χ3v) is 4.56. The number of hydrogen-bond acceptors (Lipinski definition) is 2. The monoisotopic (exact) mass is 282 g/mol. The summed E-state index contributed by atoms with van der Waals surface area (Å²) in [6.07, 6.45) is 2.05. The van der Waals surface area contributed by atoms with Gasteiger partial charge in [0, 0.05) is 0 Å². The lowest BCUT2D eigenvalue weighted by atomic mass is 9.83. The molecular weight excluding hydrogens is 256 g/mol. The standard InChI is InChI=1S/C19H26N2/c1-5-15-12-18(14(4)13(3)17(15)6-2)19(20,21)16-10-8-7-9-11-16/h7-12H,5-6,20-21H2,1-4H3. The second-order valence-corrected chi connectivity index (χ2v) is 5.75. The van der Waals surface area contributed by atoms with Gasteiger partial charge in [-0.25, -0.2) is 0 Å². The molecule has 0 aromatic heterocycles. The van der Waals surface area contributed by atoms with Gasteiger partial charge in [-0.15, -0.1) is 0 Å². The summed E-state index contributed by atoms with van der Waals surface area (Å²) >= 11 is 0. The van der Waals surface area contributed by atoms with Gasteiger partial charge in [-0.2, -0.15) is 0 Å². The molecule has 0 saturated heterocycles. The molecular formula is C19H26N2. The molecule has 4 N–H and O–H groups in total. The summed E-state index contributed by atoms with van der Waals surface area (Å²) in [6, 6.07) is 12.1. The fraction of sp³-hybridized carbons (Fsp3) is 0.368. The van der Waals surface area contributed by atoms with Gasteiger partial charge in [0.1, 0.15) is 5.66 Å². The van der Waals surface area contributed by atoms with Gasteiger partial charge in [0.15, 0.2) is 0 Å². The minimum absolute atomic E-state index is 0.943. The maximum atomic E-state index is 6.52. The van der Waals surface area contributed by atoms with E-state index in [1.54, 1.807) is 0 Å². The Morgan fingerprint density at radius 3 is 2.05 bits per heavy atom. The van der Waals surface area contributed by atoms with Crippen LogP contribution in [-0.2, 0) is 18.5 Å². The van der Waals surface area contributed by atoms with Crippen molar-refractivity contribution in [2.24, 2.45) is 11.5 Å². The van der Waals surface area contributed by atoms with E-state index >= 15 is 0 Å². The summed E-state index contributed by atoms with van der Waals surface area (Å²) in [4.78, 5) is 0. The Kier molecular flexibility index (Phi) is 4.50. The highest BCUT2D eigenvalue weighted by Crippen LogP contribution is 2.31. The molecule has 0 bridgehead atoms. The van der Waals surface area contributed by atoms with Crippen LogP contribution in [0.4, 0.5) is 0 Å². The van der Waals surface area contributed by atoms with E-state index in [1.807, 2.05) is 30.3 Å². The van der Waals surface area contributed by atoms with Crippen molar-refractivity contribution in [3.05, 3.63) is 69.8 Å². The molecule has 112 valence electrons. The zero-order chi connectivity index (χ0) is 15.6. The first kappa shape index (κ1) is 15.7. The van der Waals surface area contributed by atoms with Gasteiger partial charge in [-0.3, -0.25) is 0 Å². The van der Waals surface area contributed by atoms with Crippen LogP contribution in [0.5, 0.6) is 0 Å². The van der Waals surface area contributed by atoms with E-state index in [0.29, 0.717) is 0 Å². The average Bonchev–Trinajstić information content (AvgIpc) is 2.50. The second kappa shape index (κ2) is 6.00. The molecule has 0 atom stereocenters.